The van der Waals surface area contributed by atoms with E-state index in [4.69, 9.17) is 4.42 Å². The Hall–Kier alpha value is -1.31. The van der Waals surface area contributed by atoms with Crippen LogP contribution in [0.15, 0.2) is 28.9 Å². The van der Waals surface area contributed by atoms with E-state index in [2.05, 4.69) is 6.92 Å². The molecule has 0 aliphatic rings. The number of unbranched alkanes of at least 4 members (excludes halogenated alkanes) is 3. The Morgan fingerprint density at radius 2 is 2.06 bits per heavy atom. The van der Waals surface area contributed by atoms with Gasteiger partial charge in [-0.15, -0.1) is 0 Å². The van der Waals surface area contributed by atoms with Crippen molar-refractivity contribution in [1.82, 2.24) is 0 Å². The largest absolute Gasteiger partial charge is 0.468 e. The lowest BCUT2D eigenvalue weighted by atomic mass is 10.1. The third-order valence-corrected chi connectivity index (χ3v) is 2.90. The van der Waals surface area contributed by atoms with Gasteiger partial charge in [0.05, 0.1) is 6.26 Å². The highest BCUT2D eigenvalue weighted by Crippen LogP contribution is 2.23. The summed E-state index contributed by atoms with van der Waals surface area (Å²) in [4.78, 5) is 0. The predicted molar refractivity (Wildman–Crippen MR) is 64.0 cm³/mol. The lowest BCUT2D eigenvalue weighted by molar-refractivity contribution is 0.499. The maximum Gasteiger partial charge on any atom is 0.123 e. The number of hydrogen-bond acceptors (Lipinski definition) is 1. The minimum Gasteiger partial charge on any atom is -0.468 e. The molecule has 1 aromatic heterocycles. The first-order chi connectivity index (χ1) is 7.81. The van der Waals surface area contributed by atoms with Crippen LogP contribution in [0.4, 0.5) is 4.39 Å². The molecule has 0 N–H and O–H groups in total. The summed E-state index contributed by atoms with van der Waals surface area (Å²) in [6, 6.07) is 4.80. The van der Waals surface area contributed by atoms with Crippen LogP contribution in [-0.4, -0.2) is 0 Å². The Kier molecular flexibility index (Phi) is 3.60. The normalized spacial score (nSPS) is 11.1. The molecular weight excluding hydrogens is 203 g/mol. The fourth-order valence-corrected chi connectivity index (χ4v) is 1.98. The number of aryl methyl sites for hydroxylation is 1. The van der Waals surface area contributed by atoms with E-state index in [0.29, 0.717) is 0 Å². The summed E-state index contributed by atoms with van der Waals surface area (Å²) in [5, 5.41) is 1.92. The summed E-state index contributed by atoms with van der Waals surface area (Å²) >= 11 is 0. The monoisotopic (exact) mass is 220 g/mol. The molecule has 0 saturated carbocycles. The second-order valence-electron chi connectivity index (χ2n) is 4.20. The maximum atomic E-state index is 13.1. The zero-order chi connectivity index (χ0) is 11.4. The molecule has 0 bridgehead atoms. The van der Waals surface area contributed by atoms with E-state index < -0.39 is 0 Å². The van der Waals surface area contributed by atoms with Gasteiger partial charge in [-0.05, 0) is 24.6 Å². The molecular formula is C14H17FO. The lowest BCUT2D eigenvalue weighted by Gasteiger charge is -1.98. The molecule has 0 amide bonds. The fourth-order valence-electron chi connectivity index (χ4n) is 1.98. The minimum absolute atomic E-state index is 0.191. The van der Waals surface area contributed by atoms with Crippen molar-refractivity contribution < 1.29 is 8.81 Å². The Morgan fingerprint density at radius 1 is 1.19 bits per heavy atom. The first kappa shape index (κ1) is 11.2. The highest BCUT2D eigenvalue weighted by Gasteiger charge is 2.06. The molecule has 0 fully saturated rings. The Balaban J connectivity index is 2.09. The van der Waals surface area contributed by atoms with Crippen molar-refractivity contribution in [3.05, 3.63) is 36.0 Å². The fraction of sp³-hybridized carbons (Fsp3) is 0.429. The zero-order valence-corrected chi connectivity index (χ0v) is 9.63. The van der Waals surface area contributed by atoms with E-state index >= 15 is 0 Å². The smallest absolute Gasteiger partial charge is 0.123 e. The Bertz CT molecular complexity index is 459. The van der Waals surface area contributed by atoms with E-state index in [1.54, 1.807) is 18.4 Å². The number of furan rings is 1. The van der Waals surface area contributed by atoms with Crippen LogP contribution in [0.1, 0.15) is 38.4 Å². The summed E-state index contributed by atoms with van der Waals surface area (Å²) in [5.41, 5.74) is 0. The highest BCUT2D eigenvalue weighted by atomic mass is 19.1. The first-order valence-electron chi connectivity index (χ1n) is 5.97. The second kappa shape index (κ2) is 5.15. The van der Waals surface area contributed by atoms with E-state index in [0.717, 1.165) is 29.4 Å². The van der Waals surface area contributed by atoms with Gasteiger partial charge in [0, 0.05) is 17.2 Å². The third-order valence-electron chi connectivity index (χ3n) is 2.90. The molecule has 2 aromatic rings. The Morgan fingerprint density at radius 3 is 2.88 bits per heavy atom. The number of benzene rings is 1. The summed E-state index contributed by atoms with van der Waals surface area (Å²) in [5.74, 6) is 0.731. The van der Waals surface area contributed by atoms with E-state index in [1.165, 1.54) is 25.3 Å². The molecule has 0 radical (unpaired) electrons. The van der Waals surface area contributed by atoms with Crippen molar-refractivity contribution in [2.24, 2.45) is 0 Å². The molecule has 0 spiro atoms. The molecule has 0 atom stereocenters. The summed E-state index contributed by atoms with van der Waals surface area (Å²) < 4.78 is 18.6. The van der Waals surface area contributed by atoms with Gasteiger partial charge in [0.25, 0.3) is 0 Å². The van der Waals surface area contributed by atoms with E-state index in [9.17, 15) is 4.39 Å². The predicted octanol–water partition coefficient (Wildman–Crippen LogP) is 4.69. The third kappa shape index (κ3) is 2.43. The van der Waals surface area contributed by atoms with Gasteiger partial charge in [0.15, 0.2) is 0 Å². The average Bonchev–Trinajstić information content (AvgIpc) is 2.67. The number of hydrogen-bond donors (Lipinski definition) is 0. The average molecular weight is 220 g/mol. The van der Waals surface area contributed by atoms with Gasteiger partial charge >= 0.3 is 0 Å². The maximum absolute atomic E-state index is 13.1. The van der Waals surface area contributed by atoms with Crippen LogP contribution in [0.2, 0.25) is 0 Å². The van der Waals surface area contributed by atoms with Gasteiger partial charge in [-0.25, -0.2) is 4.39 Å². The molecule has 2 rings (SSSR count). The number of halogens is 1. The molecule has 1 aromatic carbocycles. The van der Waals surface area contributed by atoms with Crippen molar-refractivity contribution >= 4 is 10.8 Å². The van der Waals surface area contributed by atoms with Crippen molar-refractivity contribution in [2.75, 3.05) is 0 Å². The molecule has 0 unspecified atom stereocenters. The molecule has 16 heavy (non-hydrogen) atoms. The Labute approximate surface area is 95.3 Å². The molecule has 86 valence electrons. The number of fused-ring (bicyclic) bond motifs is 1. The van der Waals surface area contributed by atoms with Crippen molar-refractivity contribution in [3.8, 4) is 0 Å². The molecule has 0 saturated heterocycles. The van der Waals surface area contributed by atoms with Crippen LogP contribution in [0.25, 0.3) is 10.8 Å². The van der Waals surface area contributed by atoms with Crippen LogP contribution in [0, 0.1) is 5.82 Å². The van der Waals surface area contributed by atoms with Gasteiger partial charge in [-0.2, -0.15) is 0 Å². The van der Waals surface area contributed by atoms with Crippen LogP contribution in [0.3, 0.4) is 0 Å². The van der Waals surface area contributed by atoms with Gasteiger partial charge < -0.3 is 4.42 Å². The quantitative estimate of drug-likeness (QED) is 0.666. The molecule has 2 heteroatoms. The van der Waals surface area contributed by atoms with Crippen molar-refractivity contribution in [3.63, 3.8) is 0 Å². The molecule has 0 aliphatic heterocycles. The van der Waals surface area contributed by atoms with E-state index in [-0.39, 0.29) is 5.82 Å². The van der Waals surface area contributed by atoms with E-state index in [1.807, 2.05) is 0 Å². The molecule has 1 heterocycles. The SMILES string of the molecule is CCCCCCc1occ2ccc(F)cc12. The van der Waals surface area contributed by atoms with Crippen LogP contribution in [-0.2, 0) is 6.42 Å². The molecule has 1 nitrogen and oxygen atoms in total. The second-order valence-corrected chi connectivity index (χ2v) is 4.20. The number of rotatable bonds is 5. The zero-order valence-electron chi connectivity index (χ0n) is 9.63. The summed E-state index contributed by atoms with van der Waals surface area (Å²) in [7, 11) is 0. The summed E-state index contributed by atoms with van der Waals surface area (Å²) in [6.07, 6.45) is 7.44. The molecule has 0 aliphatic carbocycles. The standard InChI is InChI=1S/C14H17FO/c1-2-3-4-5-6-14-13-9-12(15)8-7-11(13)10-16-14/h7-10H,2-6H2,1H3. The van der Waals surface area contributed by atoms with Gasteiger partial charge in [-0.1, -0.05) is 26.2 Å². The topological polar surface area (TPSA) is 13.1 Å². The van der Waals surface area contributed by atoms with Crippen molar-refractivity contribution in [1.29, 1.82) is 0 Å². The minimum atomic E-state index is -0.191. The van der Waals surface area contributed by atoms with Gasteiger partial charge in [0.2, 0.25) is 0 Å². The van der Waals surface area contributed by atoms with Gasteiger partial charge in [-0.3, -0.25) is 0 Å². The van der Waals surface area contributed by atoms with Crippen LogP contribution < -0.4 is 0 Å². The highest BCUT2D eigenvalue weighted by molar-refractivity contribution is 5.84. The summed E-state index contributed by atoms with van der Waals surface area (Å²) in [6.45, 7) is 2.19. The van der Waals surface area contributed by atoms with Crippen LogP contribution >= 0.6 is 0 Å². The van der Waals surface area contributed by atoms with Crippen LogP contribution in [0.5, 0.6) is 0 Å². The lowest BCUT2D eigenvalue weighted by Crippen LogP contribution is -1.84. The first-order valence-corrected chi connectivity index (χ1v) is 5.97. The van der Waals surface area contributed by atoms with Gasteiger partial charge in [0.1, 0.15) is 11.6 Å². The van der Waals surface area contributed by atoms with Crippen molar-refractivity contribution in [2.45, 2.75) is 39.0 Å².